The molecule has 0 aliphatic heterocycles. The Hall–Kier alpha value is -0.940. The van der Waals surface area contributed by atoms with Gasteiger partial charge in [-0.3, -0.25) is 0 Å². The van der Waals surface area contributed by atoms with Crippen LogP contribution in [0.3, 0.4) is 0 Å². The van der Waals surface area contributed by atoms with E-state index in [1.807, 2.05) is 18.5 Å². The van der Waals surface area contributed by atoms with Gasteiger partial charge >= 0.3 is 0 Å². The summed E-state index contributed by atoms with van der Waals surface area (Å²) in [5, 5.41) is 11.5. The minimum Gasteiger partial charge on any atom is -0.317 e. The molecule has 0 aromatic carbocycles. The first-order chi connectivity index (χ1) is 7.69. The smallest absolute Gasteiger partial charge is 0.146 e. The van der Waals surface area contributed by atoms with Gasteiger partial charge in [0.1, 0.15) is 11.6 Å². The van der Waals surface area contributed by atoms with Gasteiger partial charge in [0.05, 0.1) is 6.54 Å². The van der Waals surface area contributed by atoms with Crippen LogP contribution in [0.5, 0.6) is 0 Å². The lowest BCUT2D eigenvalue weighted by molar-refractivity contribution is 0.301. The molecule has 0 amide bonds. The molecule has 0 radical (unpaired) electrons. The van der Waals surface area contributed by atoms with Gasteiger partial charge < -0.3 is 14.8 Å². The number of hydrogen-bond acceptors (Lipinski definition) is 4. The van der Waals surface area contributed by atoms with Crippen LogP contribution in [0.25, 0.3) is 0 Å². The summed E-state index contributed by atoms with van der Waals surface area (Å²) >= 11 is 0. The van der Waals surface area contributed by atoms with Crippen molar-refractivity contribution in [2.45, 2.75) is 27.3 Å². The molecule has 0 aliphatic carbocycles. The fourth-order valence-corrected chi connectivity index (χ4v) is 1.58. The molecular formula is C11H23N5. The van der Waals surface area contributed by atoms with E-state index >= 15 is 0 Å². The van der Waals surface area contributed by atoms with Gasteiger partial charge in [-0.25, -0.2) is 0 Å². The number of nitrogens with zero attached hydrogens (tertiary/aromatic N) is 4. The topological polar surface area (TPSA) is 46.0 Å². The molecule has 5 heteroatoms. The number of likely N-dealkylation sites (N-methyl/N-ethyl adjacent to an activating group) is 1. The zero-order chi connectivity index (χ0) is 12.0. The standard InChI is InChI=1S/C11H23N5/c1-5-16(6-2)8-7-12-9-11-14-13-10(3)15(11)4/h12H,5-9H2,1-4H3. The summed E-state index contributed by atoms with van der Waals surface area (Å²) < 4.78 is 2.02. The summed E-state index contributed by atoms with van der Waals surface area (Å²) in [5.41, 5.74) is 0. The van der Waals surface area contributed by atoms with Gasteiger partial charge in [0.15, 0.2) is 0 Å². The Morgan fingerprint density at radius 2 is 1.94 bits per heavy atom. The van der Waals surface area contributed by atoms with E-state index < -0.39 is 0 Å². The molecule has 5 nitrogen and oxygen atoms in total. The first-order valence-corrected chi connectivity index (χ1v) is 5.97. The predicted octanol–water partition coefficient (Wildman–Crippen LogP) is 0.555. The first-order valence-electron chi connectivity index (χ1n) is 5.97. The van der Waals surface area contributed by atoms with Crippen LogP contribution in [0.15, 0.2) is 0 Å². The molecular weight excluding hydrogens is 202 g/mol. The highest BCUT2D eigenvalue weighted by molar-refractivity contribution is 4.91. The largest absolute Gasteiger partial charge is 0.317 e. The molecule has 0 unspecified atom stereocenters. The van der Waals surface area contributed by atoms with Gasteiger partial charge in [0.25, 0.3) is 0 Å². The maximum atomic E-state index is 4.11. The molecule has 0 spiro atoms. The van der Waals surface area contributed by atoms with E-state index in [0.717, 1.165) is 44.4 Å². The quantitative estimate of drug-likeness (QED) is 0.689. The van der Waals surface area contributed by atoms with Crippen molar-refractivity contribution in [3.8, 4) is 0 Å². The van der Waals surface area contributed by atoms with Crippen molar-refractivity contribution in [2.24, 2.45) is 7.05 Å². The van der Waals surface area contributed by atoms with E-state index in [1.165, 1.54) is 0 Å². The van der Waals surface area contributed by atoms with Gasteiger partial charge in [-0.2, -0.15) is 0 Å². The normalized spacial score (nSPS) is 11.3. The molecule has 0 fully saturated rings. The van der Waals surface area contributed by atoms with E-state index in [0.29, 0.717) is 0 Å². The molecule has 0 aliphatic rings. The van der Waals surface area contributed by atoms with Crippen molar-refractivity contribution in [1.29, 1.82) is 0 Å². The highest BCUT2D eigenvalue weighted by Crippen LogP contribution is 1.96. The van der Waals surface area contributed by atoms with Crippen molar-refractivity contribution >= 4 is 0 Å². The van der Waals surface area contributed by atoms with E-state index in [9.17, 15) is 0 Å². The summed E-state index contributed by atoms with van der Waals surface area (Å²) in [6, 6.07) is 0. The third-order valence-electron chi connectivity index (χ3n) is 2.97. The molecule has 1 aromatic heterocycles. The van der Waals surface area contributed by atoms with Crippen molar-refractivity contribution < 1.29 is 0 Å². The van der Waals surface area contributed by atoms with E-state index in [2.05, 4.69) is 34.3 Å². The van der Waals surface area contributed by atoms with Crippen molar-refractivity contribution in [3.63, 3.8) is 0 Å². The van der Waals surface area contributed by atoms with Crippen molar-refractivity contribution in [1.82, 2.24) is 25.0 Å². The zero-order valence-electron chi connectivity index (χ0n) is 10.8. The van der Waals surface area contributed by atoms with Gasteiger partial charge in [-0.05, 0) is 20.0 Å². The van der Waals surface area contributed by atoms with Crippen LogP contribution in [0.2, 0.25) is 0 Å². The zero-order valence-corrected chi connectivity index (χ0v) is 10.8. The van der Waals surface area contributed by atoms with Gasteiger partial charge in [-0.15, -0.1) is 10.2 Å². The Kier molecular flexibility index (Phi) is 5.42. The maximum absolute atomic E-state index is 4.11. The first kappa shape index (κ1) is 13.1. The third-order valence-corrected chi connectivity index (χ3v) is 2.97. The second-order valence-electron chi connectivity index (χ2n) is 3.93. The van der Waals surface area contributed by atoms with Crippen LogP contribution in [0.4, 0.5) is 0 Å². The lowest BCUT2D eigenvalue weighted by atomic mass is 10.4. The fraction of sp³-hybridized carbons (Fsp3) is 0.818. The summed E-state index contributed by atoms with van der Waals surface area (Å²) in [7, 11) is 2.00. The summed E-state index contributed by atoms with van der Waals surface area (Å²) in [6.45, 7) is 11.4. The number of nitrogens with one attached hydrogen (secondary N) is 1. The average Bonchev–Trinajstić information content (AvgIpc) is 2.61. The van der Waals surface area contributed by atoms with Gasteiger partial charge in [0, 0.05) is 20.1 Å². The SMILES string of the molecule is CCN(CC)CCNCc1nnc(C)n1C. The summed E-state index contributed by atoms with van der Waals surface area (Å²) in [6.07, 6.45) is 0. The molecule has 0 saturated heterocycles. The van der Waals surface area contributed by atoms with E-state index in [4.69, 9.17) is 0 Å². The minimum atomic E-state index is 0.790. The second-order valence-corrected chi connectivity index (χ2v) is 3.93. The summed E-state index contributed by atoms with van der Waals surface area (Å²) in [4.78, 5) is 2.40. The molecule has 0 bridgehead atoms. The number of aromatic nitrogens is 3. The van der Waals surface area contributed by atoms with Gasteiger partial charge in [-0.1, -0.05) is 13.8 Å². The maximum Gasteiger partial charge on any atom is 0.146 e. The molecule has 16 heavy (non-hydrogen) atoms. The van der Waals surface area contributed by atoms with Crippen LogP contribution < -0.4 is 5.32 Å². The summed E-state index contributed by atoms with van der Waals surface area (Å²) in [5.74, 6) is 1.96. The Balaban J connectivity index is 2.23. The Bertz CT molecular complexity index is 303. The molecule has 0 saturated carbocycles. The van der Waals surface area contributed by atoms with E-state index in [-0.39, 0.29) is 0 Å². The van der Waals surface area contributed by atoms with Crippen molar-refractivity contribution in [2.75, 3.05) is 26.2 Å². The third kappa shape index (κ3) is 3.57. The lowest BCUT2D eigenvalue weighted by Gasteiger charge is -2.17. The monoisotopic (exact) mass is 225 g/mol. The number of aryl methyl sites for hydroxylation is 1. The second kappa shape index (κ2) is 6.60. The molecule has 0 atom stereocenters. The van der Waals surface area contributed by atoms with Crippen LogP contribution >= 0.6 is 0 Å². The minimum absolute atomic E-state index is 0.790. The van der Waals surface area contributed by atoms with Gasteiger partial charge in [0.2, 0.25) is 0 Å². The fourth-order valence-electron chi connectivity index (χ4n) is 1.58. The average molecular weight is 225 g/mol. The van der Waals surface area contributed by atoms with Crippen LogP contribution in [0.1, 0.15) is 25.5 Å². The van der Waals surface area contributed by atoms with Crippen LogP contribution in [-0.4, -0.2) is 45.8 Å². The molecule has 1 heterocycles. The molecule has 1 N–H and O–H groups in total. The van der Waals surface area contributed by atoms with Crippen LogP contribution in [-0.2, 0) is 13.6 Å². The Morgan fingerprint density at radius 3 is 2.44 bits per heavy atom. The lowest BCUT2D eigenvalue weighted by Crippen LogP contribution is -2.32. The predicted molar refractivity (Wildman–Crippen MR) is 65.2 cm³/mol. The van der Waals surface area contributed by atoms with Crippen LogP contribution in [0, 0.1) is 6.92 Å². The number of rotatable bonds is 7. The Morgan fingerprint density at radius 1 is 1.25 bits per heavy atom. The molecule has 1 rings (SSSR count). The van der Waals surface area contributed by atoms with E-state index in [1.54, 1.807) is 0 Å². The molecule has 92 valence electrons. The molecule has 1 aromatic rings. The van der Waals surface area contributed by atoms with Crippen molar-refractivity contribution in [3.05, 3.63) is 11.6 Å². The Labute approximate surface area is 97.9 Å². The highest BCUT2D eigenvalue weighted by Gasteiger charge is 2.04. The number of hydrogen-bond donors (Lipinski definition) is 1. The highest BCUT2D eigenvalue weighted by atomic mass is 15.3.